The van der Waals surface area contributed by atoms with E-state index in [4.69, 9.17) is 9.26 Å². The highest BCUT2D eigenvalue weighted by Gasteiger charge is 2.36. The minimum Gasteiger partial charge on any atom is -0.462 e. The van der Waals surface area contributed by atoms with Gasteiger partial charge in [-0.1, -0.05) is 5.16 Å². The van der Waals surface area contributed by atoms with Crippen molar-refractivity contribution in [3.05, 3.63) is 40.9 Å². The second kappa shape index (κ2) is 5.78. The molecule has 0 bridgehead atoms. The Labute approximate surface area is 122 Å². The molecular weight excluding hydrogens is 306 g/mol. The van der Waals surface area contributed by atoms with Crippen LogP contribution in [0.5, 0.6) is 0 Å². The van der Waals surface area contributed by atoms with Gasteiger partial charge >= 0.3 is 12.1 Å². The number of rotatable bonds is 3. The van der Waals surface area contributed by atoms with Gasteiger partial charge in [0.25, 0.3) is 0 Å². The van der Waals surface area contributed by atoms with Crippen molar-refractivity contribution < 1.29 is 31.6 Å². The summed E-state index contributed by atoms with van der Waals surface area (Å²) in [5.41, 5.74) is -2.23. The maximum atomic E-state index is 13.1. The van der Waals surface area contributed by atoms with Crippen molar-refractivity contribution in [1.29, 1.82) is 0 Å². The fraction of sp³-hybridized carbons (Fsp3) is 0.286. The van der Waals surface area contributed by atoms with Gasteiger partial charge in [-0.05, 0) is 32.0 Å². The normalized spacial score (nSPS) is 11.5. The van der Waals surface area contributed by atoms with Gasteiger partial charge in [-0.15, -0.1) is 0 Å². The Morgan fingerprint density at radius 1 is 1.36 bits per heavy atom. The molecule has 0 aliphatic rings. The summed E-state index contributed by atoms with van der Waals surface area (Å²) in [6.07, 6.45) is -4.81. The molecule has 4 nitrogen and oxygen atoms in total. The molecule has 1 aromatic heterocycles. The van der Waals surface area contributed by atoms with E-state index in [1.54, 1.807) is 6.92 Å². The molecule has 0 spiro atoms. The number of esters is 1. The van der Waals surface area contributed by atoms with Crippen molar-refractivity contribution in [3.63, 3.8) is 0 Å². The number of nitrogens with zero attached hydrogens (tertiary/aromatic N) is 1. The molecule has 0 aliphatic carbocycles. The first-order valence-corrected chi connectivity index (χ1v) is 6.26. The van der Waals surface area contributed by atoms with Gasteiger partial charge in [0.15, 0.2) is 0 Å². The number of hydrogen-bond donors (Lipinski definition) is 0. The number of benzene rings is 1. The highest BCUT2D eigenvalue weighted by molar-refractivity contribution is 5.97. The number of carbonyl (C=O) groups is 1. The predicted molar refractivity (Wildman–Crippen MR) is 67.6 cm³/mol. The van der Waals surface area contributed by atoms with Crippen LogP contribution in [0.1, 0.15) is 28.6 Å². The number of alkyl halides is 3. The number of aromatic nitrogens is 1. The summed E-state index contributed by atoms with van der Waals surface area (Å²) in [7, 11) is 0. The Balaban J connectivity index is 2.66. The molecule has 1 aromatic carbocycles. The van der Waals surface area contributed by atoms with Gasteiger partial charge in [0, 0.05) is 5.56 Å². The van der Waals surface area contributed by atoms with Crippen LogP contribution in [-0.4, -0.2) is 17.7 Å². The average molecular weight is 317 g/mol. The summed E-state index contributed by atoms with van der Waals surface area (Å²) in [6.45, 7) is 2.97. The van der Waals surface area contributed by atoms with E-state index >= 15 is 0 Å². The average Bonchev–Trinajstić information content (AvgIpc) is 2.80. The standard InChI is InChI=1S/C14H11F4NO3/c1-3-21-13(20)11-7(2)22-19-12(11)9-5-4-8(15)6-10(9)14(16,17)18/h4-6H,3H2,1-2H3. The van der Waals surface area contributed by atoms with Crippen LogP contribution < -0.4 is 0 Å². The maximum Gasteiger partial charge on any atom is 0.417 e. The third-order valence-corrected chi connectivity index (χ3v) is 2.88. The lowest BCUT2D eigenvalue weighted by Gasteiger charge is -2.12. The first-order chi connectivity index (χ1) is 10.3. The van der Waals surface area contributed by atoms with Crippen LogP contribution in [0.15, 0.2) is 22.7 Å². The predicted octanol–water partition coefficient (Wildman–Crippen LogP) is 3.98. The van der Waals surface area contributed by atoms with Gasteiger partial charge in [0.1, 0.15) is 22.8 Å². The van der Waals surface area contributed by atoms with Crippen LogP contribution in [0.25, 0.3) is 11.3 Å². The summed E-state index contributed by atoms with van der Waals surface area (Å²) >= 11 is 0. The smallest absolute Gasteiger partial charge is 0.417 e. The van der Waals surface area contributed by atoms with Crippen LogP contribution >= 0.6 is 0 Å². The molecule has 0 atom stereocenters. The van der Waals surface area contributed by atoms with E-state index in [0.29, 0.717) is 6.07 Å². The van der Waals surface area contributed by atoms with Crippen LogP contribution in [0.4, 0.5) is 17.6 Å². The summed E-state index contributed by atoms with van der Waals surface area (Å²) in [4.78, 5) is 11.9. The minimum atomic E-state index is -4.81. The summed E-state index contributed by atoms with van der Waals surface area (Å²) < 4.78 is 61.9. The van der Waals surface area contributed by atoms with Crippen molar-refractivity contribution in [2.75, 3.05) is 6.61 Å². The number of carbonyl (C=O) groups excluding carboxylic acids is 1. The second-order valence-corrected chi connectivity index (χ2v) is 4.37. The molecule has 0 saturated heterocycles. The second-order valence-electron chi connectivity index (χ2n) is 4.37. The molecule has 0 saturated carbocycles. The molecule has 0 radical (unpaired) electrons. The Morgan fingerprint density at radius 3 is 2.64 bits per heavy atom. The molecular formula is C14H11F4NO3. The fourth-order valence-corrected chi connectivity index (χ4v) is 1.96. The molecule has 1 heterocycles. The molecule has 8 heteroatoms. The van der Waals surface area contributed by atoms with Gasteiger partial charge in [0.2, 0.25) is 0 Å². The third-order valence-electron chi connectivity index (χ3n) is 2.88. The highest BCUT2D eigenvalue weighted by atomic mass is 19.4. The van der Waals surface area contributed by atoms with Crippen molar-refractivity contribution in [3.8, 4) is 11.3 Å². The van der Waals surface area contributed by atoms with E-state index in [1.165, 1.54) is 6.92 Å². The van der Waals surface area contributed by atoms with E-state index in [2.05, 4.69) is 5.16 Å². The van der Waals surface area contributed by atoms with Gasteiger partial charge in [-0.25, -0.2) is 9.18 Å². The van der Waals surface area contributed by atoms with Crippen LogP contribution in [0.3, 0.4) is 0 Å². The van der Waals surface area contributed by atoms with Crippen molar-refractivity contribution in [2.24, 2.45) is 0 Å². The summed E-state index contributed by atoms with van der Waals surface area (Å²) in [6, 6.07) is 2.09. The molecule has 2 rings (SSSR count). The zero-order valence-electron chi connectivity index (χ0n) is 11.6. The highest BCUT2D eigenvalue weighted by Crippen LogP contribution is 2.38. The van der Waals surface area contributed by atoms with E-state index in [-0.39, 0.29) is 23.6 Å². The van der Waals surface area contributed by atoms with Crippen LogP contribution in [0, 0.1) is 12.7 Å². The van der Waals surface area contributed by atoms with Gasteiger partial charge in [0.05, 0.1) is 12.2 Å². The maximum absolute atomic E-state index is 13.1. The lowest BCUT2D eigenvalue weighted by Crippen LogP contribution is -2.11. The number of aryl methyl sites for hydroxylation is 1. The Hall–Kier alpha value is -2.38. The minimum absolute atomic E-state index is 0.0194. The molecule has 0 fully saturated rings. The Morgan fingerprint density at radius 2 is 2.05 bits per heavy atom. The zero-order chi connectivity index (χ0) is 16.5. The topological polar surface area (TPSA) is 52.3 Å². The largest absolute Gasteiger partial charge is 0.462 e. The number of hydrogen-bond acceptors (Lipinski definition) is 4. The fourth-order valence-electron chi connectivity index (χ4n) is 1.96. The van der Waals surface area contributed by atoms with Crippen LogP contribution in [-0.2, 0) is 10.9 Å². The first-order valence-electron chi connectivity index (χ1n) is 6.26. The monoisotopic (exact) mass is 317 g/mol. The Bertz CT molecular complexity index is 707. The number of halogens is 4. The van der Waals surface area contributed by atoms with Crippen molar-refractivity contribution in [2.45, 2.75) is 20.0 Å². The molecule has 0 amide bonds. The van der Waals surface area contributed by atoms with E-state index in [0.717, 1.165) is 12.1 Å². The van der Waals surface area contributed by atoms with E-state index < -0.39 is 29.1 Å². The van der Waals surface area contributed by atoms with E-state index in [1.807, 2.05) is 0 Å². The number of ether oxygens (including phenoxy) is 1. The quantitative estimate of drug-likeness (QED) is 0.634. The third kappa shape index (κ3) is 2.95. The van der Waals surface area contributed by atoms with Crippen molar-refractivity contribution >= 4 is 5.97 Å². The lowest BCUT2D eigenvalue weighted by atomic mass is 10.00. The molecule has 2 aromatic rings. The van der Waals surface area contributed by atoms with Crippen molar-refractivity contribution in [1.82, 2.24) is 5.16 Å². The first kappa shape index (κ1) is 16.0. The molecule has 22 heavy (non-hydrogen) atoms. The lowest BCUT2D eigenvalue weighted by molar-refractivity contribution is -0.137. The van der Waals surface area contributed by atoms with Crippen LogP contribution in [0.2, 0.25) is 0 Å². The SMILES string of the molecule is CCOC(=O)c1c(-c2ccc(F)cc2C(F)(F)F)noc1C. The summed E-state index contributed by atoms with van der Waals surface area (Å²) in [5.74, 6) is -1.88. The Kier molecular flexibility index (Phi) is 4.20. The van der Waals surface area contributed by atoms with Gasteiger partial charge in [-0.3, -0.25) is 0 Å². The summed E-state index contributed by atoms with van der Waals surface area (Å²) in [5, 5.41) is 3.49. The zero-order valence-corrected chi connectivity index (χ0v) is 11.6. The molecule has 118 valence electrons. The molecule has 0 N–H and O–H groups in total. The van der Waals surface area contributed by atoms with E-state index in [9.17, 15) is 22.4 Å². The van der Waals surface area contributed by atoms with Gasteiger partial charge in [-0.2, -0.15) is 13.2 Å². The molecule has 0 unspecified atom stereocenters. The molecule has 0 aliphatic heterocycles. The van der Waals surface area contributed by atoms with Gasteiger partial charge < -0.3 is 9.26 Å².